The molecule has 27 heavy (non-hydrogen) atoms. The van der Waals surface area contributed by atoms with E-state index in [4.69, 9.17) is 51.1 Å². The van der Waals surface area contributed by atoms with Gasteiger partial charge in [0, 0.05) is 21.3 Å². The Hall–Kier alpha value is -1.57. The van der Waals surface area contributed by atoms with E-state index >= 15 is 0 Å². The summed E-state index contributed by atoms with van der Waals surface area (Å²) < 4.78 is 5.96. The van der Waals surface area contributed by atoms with Crippen molar-refractivity contribution in [3.8, 4) is 0 Å². The van der Waals surface area contributed by atoms with Crippen LogP contribution in [0.1, 0.15) is 16.6 Å². The fourth-order valence-corrected chi connectivity index (χ4v) is 4.26. The van der Waals surface area contributed by atoms with Gasteiger partial charge in [0.05, 0.1) is 15.1 Å². The van der Waals surface area contributed by atoms with Gasteiger partial charge in [0.15, 0.2) is 11.9 Å². The number of anilines is 1. The standard InChI is InChI=1S/C17H10Cl4N2O3S/c1-7(16(24)23-15-11(20)4-9(19)6-22-15)26-17(25)14-13(21)10-3-2-8(18)5-12(10)27-14/h2-7H,1H3,(H,22,23,24). The van der Waals surface area contributed by atoms with Gasteiger partial charge in [-0.05, 0) is 25.1 Å². The Morgan fingerprint density at radius 3 is 2.59 bits per heavy atom. The van der Waals surface area contributed by atoms with Crippen molar-refractivity contribution in [2.75, 3.05) is 5.32 Å². The summed E-state index contributed by atoms with van der Waals surface area (Å²) in [7, 11) is 0. The van der Waals surface area contributed by atoms with Crippen molar-refractivity contribution in [2.24, 2.45) is 0 Å². The van der Waals surface area contributed by atoms with Crippen LogP contribution < -0.4 is 5.32 Å². The minimum absolute atomic E-state index is 0.114. The van der Waals surface area contributed by atoms with Crippen LogP contribution in [0.5, 0.6) is 0 Å². The summed E-state index contributed by atoms with van der Waals surface area (Å²) in [6.07, 6.45) is 0.234. The molecule has 0 aliphatic heterocycles. The number of ether oxygens (including phenoxy) is 1. The van der Waals surface area contributed by atoms with Gasteiger partial charge < -0.3 is 10.1 Å². The Balaban J connectivity index is 1.73. The number of nitrogens with zero attached hydrogens (tertiary/aromatic N) is 1. The Labute approximate surface area is 178 Å². The molecule has 0 aliphatic carbocycles. The van der Waals surface area contributed by atoms with Gasteiger partial charge in [-0.1, -0.05) is 52.5 Å². The second-order valence-corrected chi connectivity index (χ2v) is 8.12. The second-order valence-electron chi connectivity index (χ2n) is 5.41. The van der Waals surface area contributed by atoms with Crippen LogP contribution in [0.15, 0.2) is 30.5 Å². The monoisotopic (exact) mass is 462 g/mol. The van der Waals surface area contributed by atoms with Gasteiger partial charge in [0.1, 0.15) is 4.88 Å². The molecule has 0 bridgehead atoms. The SMILES string of the molecule is CC(OC(=O)c1sc2cc(Cl)ccc2c1Cl)C(=O)Nc1ncc(Cl)cc1Cl. The fraction of sp³-hybridized carbons (Fsp3) is 0.118. The highest BCUT2D eigenvalue weighted by Crippen LogP contribution is 2.37. The molecule has 5 nitrogen and oxygen atoms in total. The zero-order valence-corrected chi connectivity index (χ0v) is 17.4. The molecule has 0 saturated carbocycles. The molecule has 10 heteroatoms. The van der Waals surface area contributed by atoms with E-state index in [0.717, 1.165) is 16.0 Å². The van der Waals surface area contributed by atoms with Crippen LogP contribution in [0.2, 0.25) is 20.1 Å². The number of esters is 1. The molecule has 0 aliphatic rings. The van der Waals surface area contributed by atoms with Gasteiger partial charge in [-0.15, -0.1) is 11.3 Å². The van der Waals surface area contributed by atoms with Crippen LogP contribution in [-0.2, 0) is 9.53 Å². The van der Waals surface area contributed by atoms with Crippen molar-refractivity contribution in [2.45, 2.75) is 13.0 Å². The van der Waals surface area contributed by atoms with Crippen molar-refractivity contribution in [3.05, 3.63) is 55.4 Å². The van der Waals surface area contributed by atoms with Crippen molar-refractivity contribution in [1.82, 2.24) is 4.98 Å². The number of hydrogen-bond acceptors (Lipinski definition) is 5. The predicted octanol–water partition coefficient (Wildman–Crippen LogP) is 6.09. The van der Waals surface area contributed by atoms with E-state index in [2.05, 4.69) is 10.3 Å². The lowest BCUT2D eigenvalue weighted by molar-refractivity contribution is -0.123. The van der Waals surface area contributed by atoms with Gasteiger partial charge in [-0.2, -0.15) is 0 Å². The molecule has 1 atom stereocenters. The topological polar surface area (TPSA) is 68.3 Å². The summed E-state index contributed by atoms with van der Waals surface area (Å²) in [6, 6.07) is 6.53. The molecule has 3 rings (SSSR count). The van der Waals surface area contributed by atoms with Crippen molar-refractivity contribution < 1.29 is 14.3 Å². The molecule has 0 fully saturated rings. The van der Waals surface area contributed by atoms with E-state index in [1.165, 1.54) is 19.2 Å². The average Bonchev–Trinajstić information content (AvgIpc) is 2.93. The number of benzene rings is 1. The molecule has 2 heterocycles. The van der Waals surface area contributed by atoms with Gasteiger partial charge in [-0.3, -0.25) is 4.79 Å². The summed E-state index contributed by atoms with van der Waals surface area (Å²) in [5.41, 5.74) is 0. The zero-order valence-electron chi connectivity index (χ0n) is 13.6. The average molecular weight is 464 g/mol. The first-order chi connectivity index (χ1) is 12.8. The van der Waals surface area contributed by atoms with E-state index in [9.17, 15) is 9.59 Å². The van der Waals surface area contributed by atoms with Gasteiger partial charge in [-0.25, -0.2) is 9.78 Å². The quantitative estimate of drug-likeness (QED) is 0.475. The Morgan fingerprint density at radius 2 is 1.89 bits per heavy atom. The highest BCUT2D eigenvalue weighted by atomic mass is 35.5. The Bertz CT molecular complexity index is 1050. The summed E-state index contributed by atoms with van der Waals surface area (Å²) in [5, 5.41) is 4.45. The van der Waals surface area contributed by atoms with Crippen molar-refractivity contribution >= 4 is 85.5 Å². The third-order valence-corrected chi connectivity index (χ3v) is 5.85. The molecular formula is C17H10Cl4N2O3S. The lowest BCUT2D eigenvalue weighted by Gasteiger charge is -2.13. The zero-order chi connectivity index (χ0) is 19.7. The summed E-state index contributed by atoms with van der Waals surface area (Å²) in [5.74, 6) is -1.20. The summed E-state index contributed by atoms with van der Waals surface area (Å²) in [6.45, 7) is 1.43. The van der Waals surface area contributed by atoms with Crippen LogP contribution in [0.25, 0.3) is 10.1 Å². The number of fused-ring (bicyclic) bond motifs is 1. The number of pyridine rings is 1. The minimum atomic E-state index is -1.10. The lowest BCUT2D eigenvalue weighted by atomic mass is 10.2. The molecule has 1 amide bonds. The Kier molecular flexibility index (Phi) is 6.13. The number of carbonyl (C=O) groups excluding carboxylic acids is 2. The second kappa shape index (κ2) is 8.20. The fourth-order valence-electron chi connectivity index (χ4n) is 2.16. The number of carbonyl (C=O) groups is 2. The summed E-state index contributed by atoms with van der Waals surface area (Å²) >= 11 is 25.1. The maximum Gasteiger partial charge on any atom is 0.350 e. The van der Waals surface area contributed by atoms with Gasteiger partial charge in [0.25, 0.3) is 5.91 Å². The predicted molar refractivity (Wildman–Crippen MR) is 110 cm³/mol. The summed E-state index contributed by atoms with van der Waals surface area (Å²) in [4.78, 5) is 28.8. The number of hydrogen-bond donors (Lipinski definition) is 1. The highest BCUT2D eigenvalue weighted by Gasteiger charge is 2.24. The maximum atomic E-state index is 12.4. The highest BCUT2D eigenvalue weighted by molar-refractivity contribution is 7.21. The van der Waals surface area contributed by atoms with E-state index < -0.39 is 18.0 Å². The van der Waals surface area contributed by atoms with E-state index in [-0.39, 0.29) is 20.7 Å². The maximum absolute atomic E-state index is 12.4. The molecule has 0 radical (unpaired) electrons. The number of aromatic nitrogens is 1. The molecule has 3 aromatic rings. The van der Waals surface area contributed by atoms with Gasteiger partial charge >= 0.3 is 5.97 Å². The van der Waals surface area contributed by atoms with Crippen molar-refractivity contribution in [3.63, 3.8) is 0 Å². The number of nitrogens with one attached hydrogen (secondary N) is 1. The third kappa shape index (κ3) is 4.47. The van der Waals surface area contributed by atoms with Crippen LogP contribution in [0.3, 0.4) is 0 Å². The first kappa shape index (κ1) is 20.2. The molecule has 0 saturated heterocycles. The molecule has 0 spiro atoms. The number of halogens is 4. The number of thiophene rings is 1. The first-order valence-corrected chi connectivity index (χ1v) is 9.79. The van der Waals surface area contributed by atoms with Gasteiger partial charge in [0.2, 0.25) is 0 Å². The minimum Gasteiger partial charge on any atom is -0.448 e. The molecule has 1 aromatic carbocycles. The molecule has 2 aromatic heterocycles. The normalized spacial score (nSPS) is 12.0. The van der Waals surface area contributed by atoms with Crippen LogP contribution in [0, 0.1) is 0 Å². The molecule has 1 N–H and O–H groups in total. The van der Waals surface area contributed by atoms with Crippen LogP contribution in [-0.4, -0.2) is 23.0 Å². The third-order valence-electron chi connectivity index (χ3n) is 3.48. The van der Waals surface area contributed by atoms with Crippen LogP contribution in [0.4, 0.5) is 5.82 Å². The Morgan fingerprint density at radius 1 is 1.15 bits per heavy atom. The van der Waals surface area contributed by atoms with Crippen molar-refractivity contribution in [1.29, 1.82) is 0 Å². The van der Waals surface area contributed by atoms with E-state index in [1.807, 2.05) is 0 Å². The van der Waals surface area contributed by atoms with E-state index in [1.54, 1.807) is 18.2 Å². The molecule has 140 valence electrons. The molecule has 1 unspecified atom stereocenters. The van der Waals surface area contributed by atoms with E-state index in [0.29, 0.717) is 15.4 Å². The molecular weight excluding hydrogens is 454 g/mol. The van der Waals surface area contributed by atoms with Crippen LogP contribution >= 0.6 is 57.7 Å². The smallest absolute Gasteiger partial charge is 0.350 e. The number of rotatable bonds is 4. The number of amides is 1. The lowest BCUT2D eigenvalue weighted by Crippen LogP contribution is -2.30. The largest absolute Gasteiger partial charge is 0.448 e. The first-order valence-electron chi connectivity index (χ1n) is 7.46.